The molecule has 1 aromatic carbocycles. The summed E-state index contributed by atoms with van der Waals surface area (Å²) in [4.78, 5) is 9.05. The normalized spacial score (nSPS) is 11.3. The van der Waals surface area contributed by atoms with Gasteiger partial charge < -0.3 is 5.73 Å². The number of aryl methyl sites for hydroxylation is 1. The van der Waals surface area contributed by atoms with Crippen LogP contribution in [0.3, 0.4) is 0 Å². The fourth-order valence-corrected chi connectivity index (χ4v) is 2.49. The minimum atomic E-state index is 0.636. The lowest BCUT2D eigenvalue weighted by atomic mass is 10.2. The van der Waals surface area contributed by atoms with Crippen LogP contribution >= 0.6 is 0 Å². The van der Waals surface area contributed by atoms with Crippen molar-refractivity contribution < 1.29 is 0 Å². The van der Waals surface area contributed by atoms with Crippen molar-refractivity contribution in [2.24, 2.45) is 0 Å². The summed E-state index contributed by atoms with van der Waals surface area (Å²) in [6, 6.07) is 13.9. The van der Waals surface area contributed by atoms with Gasteiger partial charge in [-0.3, -0.25) is 0 Å². The number of aromatic nitrogens is 4. The number of nitrogens with zero attached hydrogens (tertiary/aromatic N) is 4. The molecular weight excluding hydrogens is 262 g/mol. The predicted octanol–water partition coefficient (Wildman–Crippen LogP) is 2.86. The van der Waals surface area contributed by atoms with Crippen LogP contribution in [-0.2, 0) is 0 Å². The maximum atomic E-state index is 5.80. The number of para-hydroxylation sites is 1. The summed E-state index contributed by atoms with van der Waals surface area (Å²) in [5, 5.41) is 6.60. The second kappa shape index (κ2) is 4.28. The summed E-state index contributed by atoms with van der Waals surface area (Å²) in [5.74, 6) is 0.754. The maximum Gasteiger partial charge on any atom is 0.165 e. The molecule has 0 fully saturated rings. The van der Waals surface area contributed by atoms with Gasteiger partial charge in [0.15, 0.2) is 11.5 Å². The second-order valence-corrected chi connectivity index (χ2v) is 5.00. The SMILES string of the molecule is Cc1nn(-c2ccc3ccccc3n2)c2ncc(N)cc12. The highest BCUT2D eigenvalue weighted by Crippen LogP contribution is 2.22. The van der Waals surface area contributed by atoms with Crippen molar-refractivity contribution in [2.75, 3.05) is 5.73 Å². The Morgan fingerprint density at radius 2 is 1.95 bits per heavy atom. The number of anilines is 1. The van der Waals surface area contributed by atoms with E-state index in [0.29, 0.717) is 5.69 Å². The first-order valence-electron chi connectivity index (χ1n) is 6.69. The molecule has 5 heteroatoms. The molecule has 0 aliphatic carbocycles. The Bertz CT molecular complexity index is 971. The van der Waals surface area contributed by atoms with Gasteiger partial charge in [0.05, 0.1) is 23.1 Å². The first-order chi connectivity index (χ1) is 10.2. The van der Waals surface area contributed by atoms with Crippen molar-refractivity contribution in [1.29, 1.82) is 0 Å². The minimum absolute atomic E-state index is 0.636. The first-order valence-corrected chi connectivity index (χ1v) is 6.69. The Labute approximate surface area is 121 Å². The van der Waals surface area contributed by atoms with E-state index < -0.39 is 0 Å². The Morgan fingerprint density at radius 1 is 1.10 bits per heavy atom. The molecule has 0 unspecified atom stereocenters. The lowest BCUT2D eigenvalue weighted by Crippen LogP contribution is -2.01. The van der Waals surface area contributed by atoms with Gasteiger partial charge in [-0.2, -0.15) is 9.78 Å². The largest absolute Gasteiger partial charge is 0.397 e. The molecule has 5 nitrogen and oxygen atoms in total. The third-order valence-corrected chi connectivity index (χ3v) is 3.53. The van der Waals surface area contributed by atoms with Crippen LogP contribution in [0, 0.1) is 6.92 Å². The van der Waals surface area contributed by atoms with E-state index in [1.165, 1.54) is 0 Å². The number of rotatable bonds is 1. The Balaban J connectivity index is 1.99. The van der Waals surface area contributed by atoms with E-state index in [4.69, 9.17) is 5.73 Å². The highest BCUT2D eigenvalue weighted by atomic mass is 15.3. The number of nitrogens with two attached hydrogens (primary N) is 1. The number of pyridine rings is 2. The zero-order chi connectivity index (χ0) is 14.4. The van der Waals surface area contributed by atoms with Crippen LogP contribution in [0.15, 0.2) is 48.7 Å². The number of benzene rings is 1. The van der Waals surface area contributed by atoms with Crippen molar-refractivity contribution in [3.8, 4) is 5.82 Å². The van der Waals surface area contributed by atoms with E-state index >= 15 is 0 Å². The van der Waals surface area contributed by atoms with Crippen LogP contribution in [0.1, 0.15) is 5.69 Å². The smallest absolute Gasteiger partial charge is 0.165 e. The second-order valence-electron chi connectivity index (χ2n) is 5.00. The highest BCUT2D eigenvalue weighted by molar-refractivity contribution is 5.83. The third kappa shape index (κ3) is 1.82. The molecule has 0 amide bonds. The van der Waals surface area contributed by atoms with E-state index in [0.717, 1.165) is 33.4 Å². The lowest BCUT2D eigenvalue weighted by Gasteiger charge is -2.04. The van der Waals surface area contributed by atoms with Crippen molar-refractivity contribution >= 4 is 27.6 Å². The molecular formula is C16H13N5. The first kappa shape index (κ1) is 11.8. The van der Waals surface area contributed by atoms with Gasteiger partial charge >= 0.3 is 0 Å². The molecule has 0 saturated heterocycles. The van der Waals surface area contributed by atoms with Gasteiger partial charge in [0, 0.05) is 10.8 Å². The quantitative estimate of drug-likeness (QED) is 0.580. The van der Waals surface area contributed by atoms with Crippen LogP contribution in [0.5, 0.6) is 0 Å². The van der Waals surface area contributed by atoms with Gasteiger partial charge in [-0.05, 0) is 31.2 Å². The molecule has 2 N–H and O–H groups in total. The number of hydrogen-bond donors (Lipinski definition) is 1. The number of nitrogen functional groups attached to an aromatic ring is 1. The summed E-state index contributed by atoms with van der Waals surface area (Å²) >= 11 is 0. The average Bonchev–Trinajstić information content (AvgIpc) is 2.83. The predicted molar refractivity (Wildman–Crippen MR) is 83.3 cm³/mol. The average molecular weight is 275 g/mol. The fourth-order valence-electron chi connectivity index (χ4n) is 2.49. The van der Waals surface area contributed by atoms with Crippen molar-refractivity contribution in [1.82, 2.24) is 19.7 Å². The van der Waals surface area contributed by atoms with E-state index in [1.807, 2.05) is 49.4 Å². The van der Waals surface area contributed by atoms with Crippen LogP contribution in [-0.4, -0.2) is 19.7 Å². The topological polar surface area (TPSA) is 69.6 Å². The fraction of sp³-hybridized carbons (Fsp3) is 0.0625. The molecule has 0 saturated carbocycles. The molecule has 0 aliphatic heterocycles. The third-order valence-electron chi connectivity index (χ3n) is 3.53. The van der Waals surface area contributed by atoms with Crippen LogP contribution in [0.2, 0.25) is 0 Å². The van der Waals surface area contributed by atoms with Crippen LogP contribution in [0.4, 0.5) is 5.69 Å². The van der Waals surface area contributed by atoms with Gasteiger partial charge in [0.2, 0.25) is 0 Å². The Morgan fingerprint density at radius 3 is 2.86 bits per heavy atom. The zero-order valence-electron chi connectivity index (χ0n) is 11.5. The molecule has 0 aliphatic rings. The molecule has 4 aromatic rings. The molecule has 0 radical (unpaired) electrons. The van der Waals surface area contributed by atoms with Crippen LogP contribution < -0.4 is 5.73 Å². The minimum Gasteiger partial charge on any atom is -0.397 e. The molecule has 0 bridgehead atoms. The van der Waals surface area contributed by atoms with Crippen LogP contribution in [0.25, 0.3) is 27.8 Å². The van der Waals surface area contributed by atoms with Gasteiger partial charge in [-0.25, -0.2) is 9.97 Å². The lowest BCUT2D eigenvalue weighted by molar-refractivity contribution is 0.852. The molecule has 0 spiro atoms. The van der Waals surface area contributed by atoms with Gasteiger partial charge in [0.1, 0.15) is 0 Å². The van der Waals surface area contributed by atoms with E-state index in [9.17, 15) is 0 Å². The Kier molecular flexibility index (Phi) is 2.41. The summed E-state index contributed by atoms with van der Waals surface area (Å²) < 4.78 is 1.76. The summed E-state index contributed by atoms with van der Waals surface area (Å²) in [6.07, 6.45) is 1.64. The van der Waals surface area contributed by atoms with Gasteiger partial charge in [0.25, 0.3) is 0 Å². The zero-order valence-corrected chi connectivity index (χ0v) is 11.5. The van der Waals surface area contributed by atoms with E-state index in [-0.39, 0.29) is 0 Å². The summed E-state index contributed by atoms with van der Waals surface area (Å²) in [5.41, 5.74) is 9.03. The molecule has 21 heavy (non-hydrogen) atoms. The molecule has 3 aromatic heterocycles. The monoisotopic (exact) mass is 275 g/mol. The Hall–Kier alpha value is -2.95. The number of hydrogen-bond acceptors (Lipinski definition) is 4. The molecule has 0 atom stereocenters. The van der Waals surface area contributed by atoms with Gasteiger partial charge in [-0.1, -0.05) is 18.2 Å². The van der Waals surface area contributed by atoms with Crippen molar-refractivity contribution in [2.45, 2.75) is 6.92 Å². The maximum absolute atomic E-state index is 5.80. The highest BCUT2D eigenvalue weighted by Gasteiger charge is 2.11. The molecule has 102 valence electrons. The van der Waals surface area contributed by atoms with Crippen molar-refractivity contribution in [3.63, 3.8) is 0 Å². The van der Waals surface area contributed by atoms with Gasteiger partial charge in [-0.15, -0.1) is 0 Å². The standard InChI is InChI=1S/C16H13N5/c1-10-13-8-12(17)9-18-16(13)21(20-10)15-7-6-11-4-2-3-5-14(11)19-15/h2-9H,17H2,1H3. The summed E-state index contributed by atoms with van der Waals surface area (Å²) in [6.45, 7) is 1.95. The van der Waals surface area contributed by atoms with Crippen molar-refractivity contribution in [3.05, 3.63) is 54.4 Å². The molecule has 3 heterocycles. The summed E-state index contributed by atoms with van der Waals surface area (Å²) in [7, 11) is 0. The molecule has 4 rings (SSSR count). The van der Waals surface area contributed by atoms with E-state index in [2.05, 4.69) is 15.1 Å². The van der Waals surface area contributed by atoms with E-state index in [1.54, 1.807) is 10.9 Å². The number of fused-ring (bicyclic) bond motifs is 2.